The molecule has 2 aromatic carbocycles. The van der Waals surface area contributed by atoms with Crippen LogP contribution >= 0.6 is 11.6 Å². The number of rotatable bonds is 7. The smallest absolute Gasteiger partial charge is 0.265 e. The zero-order valence-electron chi connectivity index (χ0n) is 17.6. The number of anilines is 1. The molecular weight excluding hydrogens is 492 g/mol. The summed E-state index contributed by atoms with van der Waals surface area (Å²) < 4.78 is 68.1. The third kappa shape index (κ3) is 4.15. The van der Waals surface area contributed by atoms with Gasteiger partial charge in [0.05, 0.1) is 30.5 Å². The van der Waals surface area contributed by atoms with E-state index >= 15 is 4.39 Å². The lowest BCUT2D eigenvalue weighted by Crippen LogP contribution is -2.17. The normalized spacial score (nSPS) is 11.4. The number of nitrogens with zero attached hydrogens (tertiary/aromatic N) is 1. The van der Waals surface area contributed by atoms with Crippen LogP contribution in [0.15, 0.2) is 53.7 Å². The summed E-state index contributed by atoms with van der Waals surface area (Å²) in [5.41, 5.74) is -1.38. The Morgan fingerprint density at radius 2 is 1.88 bits per heavy atom. The SMILES string of the molecule is COc1ccc(OC)c(S(=O)(=O)Nc2ccc(F)c(C(=O)c3c[nH]c4ncc(Cl)cc34)c2F)c1. The fourth-order valence-corrected chi connectivity index (χ4v) is 4.74. The van der Waals surface area contributed by atoms with Gasteiger partial charge in [0.2, 0.25) is 5.78 Å². The van der Waals surface area contributed by atoms with Gasteiger partial charge in [-0.25, -0.2) is 22.2 Å². The number of aromatic nitrogens is 2. The van der Waals surface area contributed by atoms with Crippen LogP contribution in [0, 0.1) is 11.6 Å². The number of H-pyrrole nitrogens is 1. The highest BCUT2D eigenvalue weighted by atomic mass is 35.5. The summed E-state index contributed by atoms with van der Waals surface area (Å²) in [6.07, 6.45) is 2.59. The van der Waals surface area contributed by atoms with Crippen LogP contribution in [-0.2, 0) is 10.0 Å². The molecule has 0 fully saturated rings. The molecule has 0 aliphatic carbocycles. The Morgan fingerprint density at radius 3 is 2.59 bits per heavy atom. The van der Waals surface area contributed by atoms with E-state index in [4.69, 9.17) is 21.1 Å². The third-order valence-electron chi connectivity index (χ3n) is 4.97. The molecule has 2 heterocycles. The van der Waals surface area contributed by atoms with Crippen LogP contribution in [0.1, 0.15) is 15.9 Å². The number of hydrogen-bond acceptors (Lipinski definition) is 6. The molecule has 0 radical (unpaired) electrons. The van der Waals surface area contributed by atoms with Gasteiger partial charge in [-0.1, -0.05) is 11.6 Å². The summed E-state index contributed by atoms with van der Waals surface area (Å²) in [5.74, 6) is -3.41. The van der Waals surface area contributed by atoms with E-state index in [2.05, 4.69) is 9.97 Å². The number of fused-ring (bicyclic) bond motifs is 1. The van der Waals surface area contributed by atoms with Crippen molar-refractivity contribution in [2.45, 2.75) is 4.90 Å². The molecule has 0 amide bonds. The number of aromatic amines is 1. The first kappa shape index (κ1) is 23.5. The summed E-state index contributed by atoms with van der Waals surface area (Å²) in [5, 5.41) is 0.472. The molecule has 2 aromatic heterocycles. The van der Waals surface area contributed by atoms with E-state index in [1.807, 2.05) is 4.72 Å². The van der Waals surface area contributed by atoms with Crippen LogP contribution in [0.2, 0.25) is 5.02 Å². The van der Waals surface area contributed by atoms with Gasteiger partial charge in [-0.2, -0.15) is 0 Å². The van der Waals surface area contributed by atoms with Crippen LogP contribution < -0.4 is 14.2 Å². The summed E-state index contributed by atoms with van der Waals surface area (Å²) in [6.45, 7) is 0. The molecule has 0 saturated carbocycles. The van der Waals surface area contributed by atoms with E-state index in [0.717, 1.165) is 12.1 Å². The second-order valence-electron chi connectivity index (χ2n) is 6.99. The quantitative estimate of drug-likeness (QED) is 0.355. The molecule has 4 rings (SSSR count). The van der Waals surface area contributed by atoms with Crippen LogP contribution in [-0.4, -0.2) is 38.4 Å². The second kappa shape index (κ2) is 8.92. The minimum absolute atomic E-state index is 0.0321. The van der Waals surface area contributed by atoms with Crippen molar-refractivity contribution in [3.8, 4) is 11.5 Å². The van der Waals surface area contributed by atoms with Gasteiger partial charge in [-0.3, -0.25) is 9.52 Å². The molecule has 8 nitrogen and oxygen atoms in total. The lowest BCUT2D eigenvalue weighted by molar-refractivity contribution is 0.103. The van der Waals surface area contributed by atoms with E-state index < -0.39 is 38.7 Å². The minimum atomic E-state index is -4.42. The van der Waals surface area contributed by atoms with Crippen molar-refractivity contribution in [1.29, 1.82) is 0 Å². The van der Waals surface area contributed by atoms with E-state index in [9.17, 15) is 17.6 Å². The predicted octanol–water partition coefficient (Wildman–Crippen LogP) is 4.54. The van der Waals surface area contributed by atoms with Crippen molar-refractivity contribution < 1.29 is 31.5 Å². The summed E-state index contributed by atoms with van der Waals surface area (Å²) in [7, 11) is -1.82. The summed E-state index contributed by atoms with van der Waals surface area (Å²) in [4.78, 5) is 19.5. The number of nitrogens with one attached hydrogen (secondary N) is 2. The Bertz CT molecular complexity index is 1540. The van der Waals surface area contributed by atoms with Crippen molar-refractivity contribution in [2.24, 2.45) is 0 Å². The summed E-state index contributed by atoms with van der Waals surface area (Å²) in [6, 6.07) is 7.10. The van der Waals surface area contributed by atoms with E-state index in [-0.39, 0.29) is 38.0 Å². The molecule has 4 aromatic rings. The Labute approximate surface area is 197 Å². The highest BCUT2D eigenvalue weighted by molar-refractivity contribution is 7.92. The molecule has 2 N–H and O–H groups in total. The van der Waals surface area contributed by atoms with Crippen LogP contribution in [0.5, 0.6) is 11.5 Å². The fraction of sp³-hybridized carbons (Fsp3) is 0.0909. The fourth-order valence-electron chi connectivity index (χ4n) is 3.33. The Kier molecular flexibility index (Phi) is 6.15. The number of sulfonamides is 1. The molecule has 12 heteroatoms. The standard InChI is InChI=1S/C22H16ClF2N3O5S/c1-32-12-3-6-17(33-2)18(8-12)34(30,31)28-16-5-4-15(24)19(20(16)25)21(29)14-10-27-22-13(14)7-11(23)9-26-22/h3-10,28H,1-2H3,(H,26,27). The Morgan fingerprint density at radius 1 is 1.12 bits per heavy atom. The number of ether oxygens (including phenoxy) is 2. The van der Waals surface area contributed by atoms with Crippen molar-refractivity contribution in [3.05, 3.63) is 76.6 Å². The van der Waals surface area contributed by atoms with Gasteiger partial charge in [-0.15, -0.1) is 0 Å². The second-order valence-corrected chi connectivity index (χ2v) is 9.07. The van der Waals surface area contributed by atoms with Gasteiger partial charge in [0.15, 0.2) is 5.82 Å². The third-order valence-corrected chi connectivity index (χ3v) is 6.56. The first-order valence-electron chi connectivity index (χ1n) is 9.56. The molecular formula is C22H16ClF2N3O5S. The van der Waals surface area contributed by atoms with E-state index in [1.54, 1.807) is 0 Å². The van der Waals surface area contributed by atoms with Gasteiger partial charge >= 0.3 is 0 Å². The zero-order chi connectivity index (χ0) is 24.6. The molecule has 0 aliphatic rings. The first-order chi connectivity index (χ1) is 16.2. The summed E-state index contributed by atoms with van der Waals surface area (Å²) >= 11 is 5.93. The lowest BCUT2D eigenvalue weighted by atomic mass is 10.0. The number of ketones is 1. The molecule has 0 aliphatic heterocycles. The number of halogens is 3. The van der Waals surface area contributed by atoms with Gasteiger partial charge in [0.1, 0.15) is 27.9 Å². The molecule has 0 atom stereocenters. The van der Waals surface area contributed by atoms with Crippen molar-refractivity contribution in [3.63, 3.8) is 0 Å². The first-order valence-corrected chi connectivity index (χ1v) is 11.4. The van der Waals surface area contributed by atoms with Crippen molar-refractivity contribution in [1.82, 2.24) is 9.97 Å². The van der Waals surface area contributed by atoms with E-state index in [1.165, 1.54) is 50.9 Å². The largest absolute Gasteiger partial charge is 0.497 e. The van der Waals surface area contributed by atoms with Gasteiger partial charge in [0.25, 0.3) is 10.0 Å². The number of carbonyl (C=O) groups is 1. The van der Waals surface area contributed by atoms with Gasteiger partial charge in [-0.05, 0) is 30.3 Å². The number of pyridine rings is 1. The topological polar surface area (TPSA) is 110 Å². The highest BCUT2D eigenvalue weighted by Gasteiger charge is 2.28. The molecule has 0 unspecified atom stereocenters. The van der Waals surface area contributed by atoms with Crippen molar-refractivity contribution in [2.75, 3.05) is 18.9 Å². The average Bonchev–Trinajstić information content (AvgIpc) is 3.23. The monoisotopic (exact) mass is 507 g/mol. The van der Waals surface area contributed by atoms with Gasteiger partial charge < -0.3 is 14.5 Å². The van der Waals surface area contributed by atoms with Crippen LogP contribution in [0.25, 0.3) is 11.0 Å². The molecule has 34 heavy (non-hydrogen) atoms. The number of methoxy groups -OCH3 is 2. The predicted molar refractivity (Wildman–Crippen MR) is 121 cm³/mol. The van der Waals surface area contributed by atoms with Gasteiger partial charge in [0, 0.05) is 29.4 Å². The molecule has 0 bridgehead atoms. The number of benzene rings is 2. The molecule has 0 saturated heterocycles. The highest BCUT2D eigenvalue weighted by Crippen LogP contribution is 2.32. The zero-order valence-corrected chi connectivity index (χ0v) is 19.2. The molecule has 0 spiro atoms. The van der Waals surface area contributed by atoms with E-state index in [0.29, 0.717) is 0 Å². The van der Waals surface area contributed by atoms with Crippen LogP contribution in [0.4, 0.5) is 14.5 Å². The van der Waals surface area contributed by atoms with Crippen LogP contribution in [0.3, 0.4) is 0 Å². The minimum Gasteiger partial charge on any atom is -0.497 e. The average molecular weight is 508 g/mol. The Balaban J connectivity index is 1.78. The molecule has 176 valence electrons. The Hall–Kier alpha value is -3.70. The number of hydrogen-bond donors (Lipinski definition) is 2. The maximum Gasteiger partial charge on any atom is 0.265 e. The number of carbonyl (C=O) groups excluding carboxylic acids is 1. The maximum atomic E-state index is 15.3. The van der Waals surface area contributed by atoms with Crippen molar-refractivity contribution >= 4 is 44.1 Å². The maximum absolute atomic E-state index is 15.3. The lowest BCUT2D eigenvalue weighted by Gasteiger charge is -2.14.